The van der Waals surface area contributed by atoms with Crippen molar-refractivity contribution in [3.63, 3.8) is 0 Å². The molecule has 0 heterocycles. The zero-order chi connectivity index (χ0) is 30.2. The Kier molecular flexibility index (Phi) is 12.1. The molecule has 9 heteroatoms. The van der Waals surface area contributed by atoms with E-state index in [1.165, 1.54) is 36.4 Å². The van der Waals surface area contributed by atoms with Crippen LogP contribution in [0.4, 0.5) is 39.5 Å². The summed E-state index contributed by atoms with van der Waals surface area (Å²) in [5.41, 5.74) is 0.318. The predicted octanol–water partition coefficient (Wildman–Crippen LogP) is 11.5. The van der Waals surface area contributed by atoms with E-state index in [0.29, 0.717) is 5.56 Å². The molecular formula is C30H33F9. The van der Waals surface area contributed by atoms with Gasteiger partial charge < -0.3 is 0 Å². The quantitative estimate of drug-likeness (QED) is 0.278. The first-order valence-electron chi connectivity index (χ1n) is 12.3. The summed E-state index contributed by atoms with van der Waals surface area (Å²) in [4.78, 5) is 0. The Morgan fingerprint density at radius 3 is 1.31 bits per heavy atom. The average Bonchev–Trinajstić information content (AvgIpc) is 2.83. The highest BCUT2D eigenvalue weighted by molar-refractivity contribution is 5.32. The molecule has 0 unspecified atom stereocenters. The van der Waals surface area contributed by atoms with E-state index in [0.717, 1.165) is 35.4 Å². The monoisotopic (exact) mass is 564 g/mol. The molecule has 0 saturated heterocycles. The second kappa shape index (κ2) is 13.9. The number of halogens is 9. The van der Waals surface area contributed by atoms with Gasteiger partial charge in [-0.15, -0.1) is 0 Å². The first-order chi connectivity index (χ1) is 17.7. The molecule has 0 aliphatic carbocycles. The summed E-state index contributed by atoms with van der Waals surface area (Å²) in [5, 5.41) is 0. The van der Waals surface area contributed by atoms with Gasteiger partial charge in [-0.1, -0.05) is 90.1 Å². The fourth-order valence-corrected chi connectivity index (χ4v) is 3.39. The third kappa shape index (κ3) is 11.3. The first-order valence-corrected chi connectivity index (χ1v) is 12.3. The summed E-state index contributed by atoms with van der Waals surface area (Å²) in [6, 6.07) is 16.4. The lowest BCUT2D eigenvalue weighted by atomic mass is 9.97. The smallest absolute Gasteiger partial charge is 0.166 e. The topological polar surface area (TPSA) is 0 Å². The SMILES string of the molecule is CC(C)c1ccc(C(F)(F)F)cc1.CC(C)c1cccc(C(F)(F)F)c1.CC(C)c1ccccc1C(F)(F)F. The molecule has 0 aliphatic heterocycles. The molecule has 0 fully saturated rings. The average molecular weight is 565 g/mol. The Morgan fingerprint density at radius 2 is 0.923 bits per heavy atom. The summed E-state index contributed by atoms with van der Waals surface area (Å²) >= 11 is 0. The van der Waals surface area contributed by atoms with E-state index in [1.807, 2.05) is 27.7 Å². The van der Waals surface area contributed by atoms with E-state index in [-0.39, 0.29) is 17.8 Å². The molecule has 3 aromatic carbocycles. The maximum Gasteiger partial charge on any atom is 0.416 e. The lowest BCUT2D eigenvalue weighted by molar-refractivity contribution is -0.139. The van der Waals surface area contributed by atoms with E-state index in [9.17, 15) is 39.5 Å². The molecule has 0 amide bonds. The highest BCUT2D eigenvalue weighted by Gasteiger charge is 2.33. The normalized spacial score (nSPS) is 12.2. The van der Waals surface area contributed by atoms with Crippen molar-refractivity contribution in [1.82, 2.24) is 0 Å². The summed E-state index contributed by atoms with van der Waals surface area (Å²) in [6.45, 7) is 11.1. The van der Waals surface area contributed by atoms with Crippen molar-refractivity contribution in [2.75, 3.05) is 0 Å². The Bertz CT molecular complexity index is 1130. The van der Waals surface area contributed by atoms with Gasteiger partial charge in [0.2, 0.25) is 0 Å². The van der Waals surface area contributed by atoms with Crippen LogP contribution in [0.2, 0.25) is 0 Å². The fraction of sp³-hybridized carbons (Fsp3) is 0.400. The number of hydrogen-bond donors (Lipinski definition) is 0. The van der Waals surface area contributed by atoms with E-state index < -0.39 is 35.2 Å². The van der Waals surface area contributed by atoms with Gasteiger partial charge in [-0.2, -0.15) is 39.5 Å². The van der Waals surface area contributed by atoms with Crippen molar-refractivity contribution in [3.05, 3.63) is 106 Å². The second-order valence-corrected chi connectivity index (χ2v) is 9.79. The van der Waals surface area contributed by atoms with Gasteiger partial charge in [0.1, 0.15) is 0 Å². The van der Waals surface area contributed by atoms with Crippen LogP contribution in [0, 0.1) is 0 Å². The molecule has 0 spiro atoms. The Morgan fingerprint density at radius 1 is 0.436 bits per heavy atom. The summed E-state index contributed by atoms with van der Waals surface area (Å²) in [6.07, 6.45) is -12.7. The minimum atomic E-state index is -4.24. The van der Waals surface area contributed by atoms with Gasteiger partial charge in [0.15, 0.2) is 0 Å². The van der Waals surface area contributed by atoms with Gasteiger partial charge in [-0.05, 0) is 58.7 Å². The number of hydrogen-bond acceptors (Lipinski definition) is 0. The third-order valence-corrected chi connectivity index (χ3v) is 5.67. The van der Waals surface area contributed by atoms with Gasteiger partial charge in [-0.3, -0.25) is 0 Å². The van der Waals surface area contributed by atoms with Crippen LogP contribution in [0.25, 0.3) is 0 Å². The standard InChI is InChI=1S/3C10H11F3/c1-7(2)8-3-5-9(6-4-8)10(11,12)13;1-7(2)8-4-3-5-9(6-8)10(11,12)13;1-7(2)8-5-3-4-6-9(8)10(11,12)13/h3*3-7H,1-2H3. The van der Waals surface area contributed by atoms with Crippen molar-refractivity contribution >= 4 is 0 Å². The lowest BCUT2D eigenvalue weighted by Gasteiger charge is -2.14. The molecule has 0 nitrogen and oxygen atoms in total. The van der Waals surface area contributed by atoms with E-state index in [2.05, 4.69) is 0 Å². The first kappa shape index (κ1) is 34.1. The summed E-state index contributed by atoms with van der Waals surface area (Å²) < 4.78 is 110. The van der Waals surface area contributed by atoms with Gasteiger partial charge >= 0.3 is 18.5 Å². The van der Waals surface area contributed by atoms with Crippen LogP contribution < -0.4 is 0 Å². The third-order valence-electron chi connectivity index (χ3n) is 5.67. The van der Waals surface area contributed by atoms with Crippen LogP contribution in [0.1, 0.15) is 92.7 Å². The second-order valence-electron chi connectivity index (χ2n) is 9.79. The largest absolute Gasteiger partial charge is 0.416 e. The molecule has 0 saturated carbocycles. The van der Waals surface area contributed by atoms with Gasteiger partial charge in [0, 0.05) is 0 Å². The van der Waals surface area contributed by atoms with Crippen LogP contribution in [-0.4, -0.2) is 0 Å². The molecule has 3 aromatic rings. The fourth-order valence-electron chi connectivity index (χ4n) is 3.39. The van der Waals surface area contributed by atoms with Crippen LogP contribution in [0.15, 0.2) is 72.8 Å². The summed E-state index contributed by atoms with van der Waals surface area (Å²) in [7, 11) is 0. The summed E-state index contributed by atoms with van der Waals surface area (Å²) in [5.74, 6) is 0.294. The minimum absolute atomic E-state index is 0.0992. The molecule has 216 valence electrons. The zero-order valence-corrected chi connectivity index (χ0v) is 22.6. The van der Waals surface area contributed by atoms with Crippen molar-refractivity contribution < 1.29 is 39.5 Å². The van der Waals surface area contributed by atoms with Gasteiger partial charge in [0.05, 0.1) is 16.7 Å². The molecular weight excluding hydrogens is 531 g/mol. The molecule has 0 N–H and O–H groups in total. The van der Waals surface area contributed by atoms with Crippen molar-refractivity contribution in [3.8, 4) is 0 Å². The lowest BCUT2D eigenvalue weighted by Crippen LogP contribution is -2.09. The maximum atomic E-state index is 12.4. The Labute approximate surface area is 223 Å². The Hall–Kier alpha value is -2.97. The predicted molar refractivity (Wildman–Crippen MR) is 137 cm³/mol. The van der Waals surface area contributed by atoms with E-state index in [4.69, 9.17) is 0 Å². The highest BCUT2D eigenvalue weighted by Crippen LogP contribution is 2.35. The van der Waals surface area contributed by atoms with Crippen molar-refractivity contribution in [2.45, 2.75) is 77.8 Å². The van der Waals surface area contributed by atoms with E-state index >= 15 is 0 Å². The highest BCUT2D eigenvalue weighted by atomic mass is 19.4. The number of alkyl halides is 9. The van der Waals surface area contributed by atoms with Gasteiger partial charge in [-0.25, -0.2) is 0 Å². The van der Waals surface area contributed by atoms with Crippen LogP contribution >= 0.6 is 0 Å². The van der Waals surface area contributed by atoms with Crippen LogP contribution in [0.5, 0.6) is 0 Å². The molecule has 0 atom stereocenters. The molecule has 0 aromatic heterocycles. The molecule has 39 heavy (non-hydrogen) atoms. The number of rotatable bonds is 3. The van der Waals surface area contributed by atoms with Gasteiger partial charge in [0.25, 0.3) is 0 Å². The van der Waals surface area contributed by atoms with Crippen LogP contribution in [-0.2, 0) is 18.5 Å². The minimum Gasteiger partial charge on any atom is -0.166 e. The number of benzene rings is 3. The van der Waals surface area contributed by atoms with E-state index in [1.54, 1.807) is 26.0 Å². The zero-order valence-electron chi connectivity index (χ0n) is 22.6. The molecule has 3 rings (SSSR count). The van der Waals surface area contributed by atoms with Crippen molar-refractivity contribution in [1.29, 1.82) is 0 Å². The maximum absolute atomic E-state index is 12.4. The Balaban J connectivity index is 0.000000292. The molecule has 0 bridgehead atoms. The van der Waals surface area contributed by atoms with Crippen LogP contribution in [0.3, 0.4) is 0 Å². The van der Waals surface area contributed by atoms with Crippen molar-refractivity contribution in [2.24, 2.45) is 0 Å². The molecule has 0 aliphatic rings. The molecule has 0 radical (unpaired) electrons.